The minimum absolute atomic E-state index is 0.308. The van der Waals surface area contributed by atoms with E-state index >= 15 is 0 Å². The Labute approximate surface area is 100 Å². The lowest BCUT2D eigenvalue weighted by atomic mass is 10.1. The summed E-state index contributed by atoms with van der Waals surface area (Å²) >= 11 is 1.48. The number of nitrogen functional groups attached to an aromatic ring is 1. The maximum atomic E-state index is 11.9. The van der Waals surface area contributed by atoms with Crippen molar-refractivity contribution in [3.05, 3.63) is 23.8 Å². The molecule has 3 nitrogen and oxygen atoms in total. The van der Waals surface area contributed by atoms with Crippen LogP contribution in [0.4, 0.5) is 5.69 Å². The van der Waals surface area contributed by atoms with Crippen molar-refractivity contribution in [2.75, 3.05) is 12.0 Å². The highest BCUT2D eigenvalue weighted by molar-refractivity contribution is 7.98. The van der Waals surface area contributed by atoms with Crippen molar-refractivity contribution >= 4 is 23.4 Å². The topological polar surface area (TPSA) is 52.3 Å². The predicted molar refractivity (Wildman–Crippen MR) is 67.8 cm³/mol. The Bertz CT molecular complexity index is 396. The highest BCUT2D eigenvalue weighted by Gasteiger charge is 2.20. The summed E-state index contributed by atoms with van der Waals surface area (Å²) in [5, 5.41) is 0. The number of carbonyl (C=O) groups is 1. The van der Waals surface area contributed by atoms with Crippen LogP contribution in [0, 0.1) is 0 Å². The molecule has 88 valence electrons. The van der Waals surface area contributed by atoms with Crippen molar-refractivity contribution in [2.24, 2.45) is 0 Å². The lowest BCUT2D eigenvalue weighted by Crippen LogP contribution is -2.24. The van der Waals surface area contributed by atoms with E-state index in [1.54, 1.807) is 18.2 Å². The molecule has 2 N–H and O–H groups in total. The second-order valence-corrected chi connectivity index (χ2v) is 5.31. The summed E-state index contributed by atoms with van der Waals surface area (Å²) in [6.07, 6.45) is 1.91. The Balaban J connectivity index is 2.99. The molecule has 0 saturated heterocycles. The second kappa shape index (κ2) is 4.78. The molecule has 1 aromatic carbocycles. The standard InChI is InChI=1S/C12H17NO2S/c1-12(2,3)15-11(14)9-6-5-8(13)7-10(9)16-4/h5-7H,13H2,1-4H3. The first-order valence-electron chi connectivity index (χ1n) is 5.00. The van der Waals surface area contributed by atoms with Crippen LogP contribution in [-0.2, 0) is 4.74 Å². The SMILES string of the molecule is CSc1cc(N)ccc1C(=O)OC(C)(C)C. The summed E-state index contributed by atoms with van der Waals surface area (Å²) in [6, 6.07) is 5.19. The van der Waals surface area contributed by atoms with Gasteiger partial charge in [-0.3, -0.25) is 0 Å². The molecule has 1 rings (SSSR count). The number of rotatable bonds is 2. The van der Waals surface area contributed by atoms with Gasteiger partial charge in [0, 0.05) is 10.6 Å². The van der Waals surface area contributed by atoms with Crippen molar-refractivity contribution in [1.29, 1.82) is 0 Å². The number of hydrogen-bond donors (Lipinski definition) is 1. The van der Waals surface area contributed by atoms with Crippen molar-refractivity contribution < 1.29 is 9.53 Å². The smallest absolute Gasteiger partial charge is 0.339 e. The number of anilines is 1. The molecule has 0 bridgehead atoms. The molecule has 4 heteroatoms. The Morgan fingerprint density at radius 1 is 1.38 bits per heavy atom. The van der Waals surface area contributed by atoms with Crippen LogP contribution in [0.25, 0.3) is 0 Å². The van der Waals surface area contributed by atoms with Gasteiger partial charge < -0.3 is 10.5 Å². The number of carbonyl (C=O) groups excluding carboxylic acids is 1. The fourth-order valence-corrected chi connectivity index (χ4v) is 1.83. The van der Waals surface area contributed by atoms with Gasteiger partial charge in [0.25, 0.3) is 0 Å². The molecule has 0 aliphatic carbocycles. The van der Waals surface area contributed by atoms with Gasteiger partial charge in [-0.05, 0) is 45.2 Å². The van der Waals surface area contributed by atoms with E-state index in [0.29, 0.717) is 11.3 Å². The van der Waals surface area contributed by atoms with Gasteiger partial charge in [-0.1, -0.05) is 0 Å². The molecule has 0 aliphatic heterocycles. The first kappa shape index (κ1) is 12.9. The average molecular weight is 239 g/mol. The van der Waals surface area contributed by atoms with E-state index in [1.165, 1.54) is 11.8 Å². The molecule has 1 aromatic rings. The van der Waals surface area contributed by atoms with Gasteiger partial charge in [0.2, 0.25) is 0 Å². The van der Waals surface area contributed by atoms with Crippen molar-refractivity contribution in [3.63, 3.8) is 0 Å². The Morgan fingerprint density at radius 3 is 2.50 bits per heavy atom. The lowest BCUT2D eigenvalue weighted by molar-refractivity contribution is 0.00657. The number of nitrogens with two attached hydrogens (primary N) is 1. The molecular formula is C12H17NO2S. The second-order valence-electron chi connectivity index (χ2n) is 4.46. The largest absolute Gasteiger partial charge is 0.456 e. The monoisotopic (exact) mass is 239 g/mol. The van der Waals surface area contributed by atoms with E-state index in [9.17, 15) is 4.79 Å². The van der Waals surface area contributed by atoms with Crippen LogP contribution in [0.2, 0.25) is 0 Å². The van der Waals surface area contributed by atoms with E-state index < -0.39 is 5.60 Å². The quantitative estimate of drug-likeness (QED) is 0.490. The zero-order valence-corrected chi connectivity index (χ0v) is 10.9. The maximum Gasteiger partial charge on any atom is 0.339 e. The number of hydrogen-bond acceptors (Lipinski definition) is 4. The average Bonchev–Trinajstić information content (AvgIpc) is 2.14. The van der Waals surface area contributed by atoms with Crippen LogP contribution >= 0.6 is 11.8 Å². The number of benzene rings is 1. The zero-order chi connectivity index (χ0) is 12.3. The van der Waals surface area contributed by atoms with E-state index in [0.717, 1.165) is 4.90 Å². The van der Waals surface area contributed by atoms with Gasteiger partial charge in [0.1, 0.15) is 5.60 Å². The van der Waals surface area contributed by atoms with Gasteiger partial charge in [-0.2, -0.15) is 0 Å². The summed E-state index contributed by atoms with van der Waals surface area (Å²) in [7, 11) is 0. The third kappa shape index (κ3) is 3.45. The minimum Gasteiger partial charge on any atom is -0.456 e. The molecular weight excluding hydrogens is 222 g/mol. The van der Waals surface area contributed by atoms with Gasteiger partial charge in [0.05, 0.1) is 5.56 Å². The van der Waals surface area contributed by atoms with Crippen LogP contribution < -0.4 is 5.73 Å². The highest BCUT2D eigenvalue weighted by Crippen LogP contribution is 2.25. The summed E-state index contributed by atoms with van der Waals surface area (Å²) in [4.78, 5) is 12.7. The molecule has 0 unspecified atom stereocenters. The number of ether oxygens (including phenoxy) is 1. The van der Waals surface area contributed by atoms with Crippen molar-refractivity contribution in [2.45, 2.75) is 31.3 Å². The first-order valence-corrected chi connectivity index (χ1v) is 6.23. The minimum atomic E-state index is -0.478. The normalized spacial score (nSPS) is 11.2. The number of esters is 1. The molecule has 0 spiro atoms. The van der Waals surface area contributed by atoms with Crippen molar-refractivity contribution in [1.82, 2.24) is 0 Å². The molecule has 0 fully saturated rings. The van der Waals surface area contributed by atoms with Gasteiger partial charge in [-0.25, -0.2) is 4.79 Å². The van der Waals surface area contributed by atoms with Gasteiger partial charge >= 0.3 is 5.97 Å². The Hall–Kier alpha value is -1.16. The molecule has 16 heavy (non-hydrogen) atoms. The molecule has 0 aromatic heterocycles. The fourth-order valence-electron chi connectivity index (χ4n) is 1.21. The van der Waals surface area contributed by atoms with Crippen LogP contribution in [-0.4, -0.2) is 17.8 Å². The molecule has 0 aliphatic rings. The summed E-state index contributed by atoms with van der Waals surface area (Å²) < 4.78 is 5.31. The van der Waals surface area contributed by atoms with E-state index in [-0.39, 0.29) is 5.97 Å². The molecule has 0 atom stereocenters. The third-order valence-electron chi connectivity index (χ3n) is 1.84. The summed E-state index contributed by atoms with van der Waals surface area (Å²) in [5.74, 6) is -0.308. The van der Waals surface area contributed by atoms with E-state index in [1.807, 2.05) is 27.0 Å². The van der Waals surface area contributed by atoms with Gasteiger partial charge in [0.15, 0.2) is 0 Å². The Kier molecular flexibility index (Phi) is 3.86. The molecule has 0 amide bonds. The van der Waals surface area contributed by atoms with Crippen LogP contribution in [0.1, 0.15) is 31.1 Å². The third-order valence-corrected chi connectivity index (χ3v) is 2.62. The molecule has 0 saturated carbocycles. The predicted octanol–water partition coefficient (Wildman–Crippen LogP) is 2.95. The maximum absolute atomic E-state index is 11.9. The molecule has 0 radical (unpaired) electrons. The summed E-state index contributed by atoms with van der Waals surface area (Å²) in [6.45, 7) is 5.54. The van der Waals surface area contributed by atoms with Crippen molar-refractivity contribution in [3.8, 4) is 0 Å². The first-order chi connectivity index (χ1) is 7.33. The van der Waals surface area contributed by atoms with Crippen LogP contribution in [0.3, 0.4) is 0 Å². The van der Waals surface area contributed by atoms with E-state index in [2.05, 4.69) is 0 Å². The molecule has 0 heterocycles. The van der Waals surface area contributed by atoms with E-state index in [4.69, 9.17) is 10.5 Å². The Morgan fingerprint density at radius 2 is 2.00 bits per heavy atom. The fraction of sp³-hybridized carbons (Fsp3) is 0.417. The number of thioether (sulfide) groups is 1. The van der Waals surface area contributed by atoms with Gasteiger partial charge in [-0.15, -0.1) is 11.8 Å². The lowest BCUT2D eigenvalue weighted by Gasteiger charge is -2.20. The zero-order valence-electron chi connectivity index (χ0n) is 10.0. The van der Waals surface area contributed by atoms with Crippen LogP contribution in [0.15, 0.2) is 23.1 Å². The summed E-state index contributed by atoms with van der Waals surface area (Å²) in [5.41, 5.74) is 6.40. The van der Waals surface area contributed by atoms with Crippen LogP contribution in [0.5, 0.6) is 0 Å². The highest BCUT2D eigenvalue weighted by atomic mass is 32.2.